The second kappa shape index (κ2) is 4.10. The molecule has 74 valence electrons. The third-order valence-corrected chi connectivity index (χ3v) is 4.79. The minimum atomic E-state index is -0.545. The zero-order valence-electron chi connectivity index (χ0n) is 7.40. The average Bonchev–Trinajstić information content (AvgIpc) is 2.73. The van der Waals surface area contributed by atoms with Crippen LogP contribution < -0.4 is 0 Å². The van der Waals surface area contributed by atoms with Crippen molar-refractivity contribution in [2.24, 2.45) is 0 Å². The molecule has 5 heteroatoms. The van der Waals surface area contributed by atoms with Gasteiger partial charge in [-0.15, -0.1) is 22.7 Å². The highest BCUT2D eigenvalue weighted by atomic mass is 79.9. The van der Waals surface area contributed by atoms with Gasteiger partial charge in [0.05, 0.1) is 10.4 Å². The van der Waals surface area contributed by atoms with Gasteiger partial charge >= 0.3 is 0 Å². The number of aryl methyl sites for hydroxylation is 1. The van der Waals surface area contributed by atoms with Gasteiger partial charge in [0.2, 0.25) is 0 Å². The lowest BCUT2D eigenvalue weighted by molar-refractivity contribution is 0.226. The molecule has 1 atom stereocenters. The molecular weight excluding hydrogens is 282 g/mol. The summed E-state index contributed by atoms with van der Waals surface area (Å²) >= 11 is 6.36. The maximum Gasteiger partial charge on any atom is 0.125 e. The van der Waals surface area contributed by atoms with Gasteiger partial charge in [0.25, 0.3) is 0 Å². The third-order valence-electron chi connectivity index (χ3n) is 1.95. The predicted octanol–water partition coefficient (Wildman–Crippen LogP) is 3.36. The molecule has 0 amide bonds. The van der Waals surface area contributed by atoms with Gasteiger partial charge in [-0.25, -0.2) is 4.98 Å². The van der Waals surface area contributed by atoms with E-state index in [4.69, 9.17) is 0 Å². The number of hydrogen-bond donors (Lipinski definition) is 1. The molecule has 0 saturated heterocycles. The molecule has 0 saturated carbocycles. The monoisotopic (exact) mass is 289 g/mol. The summed E-state index contributed by atoms with van der Waals surface area (Å²) in [6.07, 6.45) is -0.545. The zero-order chi connectivity index (χ0) is 10.1. The lowest BCUT2D eigenvalue weighted by Gasteiger charge is -2.07. The molecule has 2 heterocycles. The Morgan fingerprint density at radius 2 is 2.21 bits per heavy atom. The second-order valence-electron chi connectivity index (χ2n) is 2.88. The fraction of sp³-hybridized carbons (Fsp3) is 0.222. The van der Waals surface area contributed by atoms with Crippen LogP contribution in [0.4, 0.5) is 0 Å². The van der Waals surface area contributed by atoms with Crippen molar-refractivity contribution in [3.8, 4) is 0 Å². The molecule has 0 radical (unpaired) electrons. The summed E-state index contributed by atoms with van der Waals surface area (Å²) in [6, 6.07) is 2.01. The number of hydrogen-bond acceptors (Lipinski definition) is 4. The summed E-state index contributed by atoms with van der Waals surface area (Å²) in [6.45, 7) is 2.00. The van der Waals surface area contributed by atoms with Gasteiger partial charge in [-0.05, 0) is 39.9 Å². The number of aliphatic hydroxyl groups is 1. The molecule has 2 nitrogen and oxygen atoms in total. The van der Waals surface area contributed by atoms with Crippen molar-refractivity contribution in [1.29, 1.82) is 0 Å². The molecule has 0 spiro atoms. The Hall–Kier alpha value is -0.230. The Labute approximate surface area is 98.4 Å². The summed E-state index contributed by atoms with van der Waals surface area (Å²) < 4.78 is 0.739. The van der Waals surface area contributed by atoms with Crippen LogP contribution in [0, 0.1) is 6.92 Å². The second-order valence-corrected chi connectivity index (χ2v) is 5.46. The van der Waals surface area contributed by atoms with Crippen LogP contribution in [0.3, 0.4) is 0 Å². The third kappa shape index (κ3) is 1.77. The number of thiophene rings is 1. The zero-order valence-corrected chi connectivity index (χ0v) is 10.6. The molecule has 1 N–H and O–H groups in total. The van der Waals surface area contributed by atoms with Crippen molar-refractivity contribution in [2.45, 2.75) is 13.0 Å². The van der Waals surface area contributed by atoms with Gasteiger partial charge in [0.1, 0.15) is 10.7 Å². The maximum absolute atomic E-state index is 10.1. The van der Waals surface area contributed by atoms with E-state index in [9.17, 15) is 5.11 Å². The lowest BCUT2D eigenvalue weighted by atomic mass is 10.2. The minimum Gasteiger partial charge on any atom is -0.382 e. The van der Waals surface area contributed by atoms with E-state index >= 15 is 0 Å². The van der Waals surface area contributed by atoms with E-state index in [-0.39, 0.29) is 0 Å². The van der Waals surface area contributed by atoms with Crippen LogP contribution in [0.5, 0.6) is 0 Å². The number of rotatable bonds is 2. The number of aliphatic hydroxyl groups excluding tert-OH is 1. The molecule has 0 aromatic carbocycles. The highest BCUT2D eigenvalue weighted by Gasteiger charge is 2.18. The van der Waals surface area contributed by atoms with Crippen LogP contribution >= 0.6 is 38.6 Å². The molecule has 1 unspecified atom stereocenters. The first kappa shape index (κ1) is 10.3. The summed E-state index contributed by atoms with van der Waals surface area (Å²) in [7, 11) is 0. The number of thiazole rings is 1. The summed E-state index contributed by atoms with van der Waals surface area (Å²) in [5.74, 6) is 0. The van der Waals surface area contributed by atoms with E-state index in [1.807, 2.05) is 18.4 Å². The van der Waals surface area contributed by atoms with Gasteiger partial charge in [-0.1, -0.05) is 0 Å². The summed E-state index contributed by atoms with van der Waals surface area (Å²) in [4.78, 5) is 5.92. The molecule has 0 aliphatic heterocycles. The topological polar surface area (TPSA) is 33.1 Å². The molecule has 2 aromatic rings. The molecule has 0 bridgehead atoms. The van der Waals surface area contributed by atoms with Crippen molar-refractivity contribution in [3.05, 3.63) is 36.9 Å². The SMILES string of the molecule is Cc1ccsc1C(O)c1scnc1Br. The minimum absolute atomic E-state index is 0.545. The molecule has 0 aliphatic carbocycles. The van der Waals surface area contributed by atoms with E-state index in [0.717, 1.165) is 19.9 Å². The number of nitrogens with zero attached hydrogens (tertiary/aromatic N) is 1. The standard InChI is InChI=1S/C9H8BrNOS2/c1-5-2-3-13-7(5)6(12)8-9(10)11-4-14-8/h2-4,6,12H,1H3. The van der Waals surface area contributed by atoms with Crippen molar-refractivity contribution in [3.63, 3.8) is 0 Å². The Kier molecular flexibility index (Phi) is 3.02. The van der Waals surface area contributed by atoms with Crippen molar-refractivity contribution in [1.82, 2.24) is 4.98 Å². The lowest BCUT2D eigenvalue weighted by Crippen LogP contribution is -1.96. The van der Waals surface area contributed by atoms with Gasteiger partial charge in [0, 0.05) is 4.88 Å². The number of aromatic nitrogens is 1. The first-order chi connectivity index (χ1) is 6.70. The van der Waals surface area contributed by atoms with Crippen LogP contribution in [-0.4, -0.2) is 10.1 Å². The van der Waals surface area contributed by atoms with E-state index < -0.39 is 6.10 Å². The van der Waals surface area contributed by atoms with Gasteiger partial charge in [-0.2, -0.15) is 0 Å². The molecule has 0 aliphatic rings. The Bertz CT molecular complexity index is 397. The van der Waals surface area contributed by atoms with Crippen LogP contribution in [0.15, 0.2) is 21.6 Å². The highest BCUT2D eigenvalue weighted by molar-refractivity contribution is 9.10. The van der Waals surface area contributed by atoms with Gasteiger partial charge < -0.3 is 5.11 Å². The highest BCUT2D eigenvalue weighted by Crippen LogP contribution is 2.34. The average molecular weight is 290 g/mol. The Morgan fingerprint density at radius 3 is 2.71 bits per heavy atom. The molecular formula is C9H8BrNOS2. The van der Waals surface area contributed by atoms with E-state index in [0.29, 0.717) is 0 Å². The first-order valence-electron chi connectivity index (χ1n) is 4.01. The molecule has 14 heavy (non-hydrogen) atoms. The smallest absolute Gasteiger partial charge is 0.125 e. The molecule has 2 rings (SSSR count). The Morgan fingerprint density at radius 1 is 1.43 bits per heavy atom. The number of halogens is 1. The summed E-state index contributed by atoms with van der Waals surface area (Å²) in [5.41, 5.74) is 2.86. The van der Waals surface area contributed by atoms with E-state index in [1.54, 1.807) is 16.8 Å². The molecule has 0 fully saturated rings. The van der Waals surface area contributed by atoms with Crippen molar-refractivity contribution in [2.75, 3.05) is 0 Å². The van der Waals surface area contributed by atoms with Crippen LogP contribution in [0.1, 0.15) is 21.4 Å². The van der Waals surface area contributed by atoms with Crippen LogP contribution in [-0.2, 0) is 0 Å². The van der Waals surface area contributed by atoms with Gasteiger partial charge in [-0.3, -0.25) is 0 Å². The van der Waals surface area contributed by atoms with Crippen molar-refractivity contribution >= 4 is 38.6 Å². The first-order valence-corrected chi connectivity index (χ1v) is 6.56. The molecule has 2 aromatic heterocycles. The van der Waals surface area contributed by atoms with Gasteiger partial charge in [0.15, 0.2) is 0 Å². The normalized spacial score (nSPS) is 13.1. The quantitative estimate of drug-likeness (QED) is 0.920. The Balaban J connectivity index is 2.38. The fourth-order valence-electron chi connectivity index (χ4n) is 1.20. The fourth-order valence-corrected chi connectivity index (χ4v) is 3.60. The largest absolute Gasteiger partial charge is 0.382 e. The predicted molar refractivity (Wildman–Crippen MR) is 62.9 cm³/mol. The van der Waals surface area contributed by atoms with E-state index in [2.05, 4.69) is 20.9 Å². The maximum atomic E-state index is 10.1. The van der Waals surface area contributed by atoms with Crippen LogP contribution in [0.2, 0.25) is 0 Å². The van der Waals surface area contributed by atoms with Crippen LogP contribution in [0.25, 0.3) is 0 Å². The van der Waals surface area contributed by atoms with E-state index in [1.165, 1.54) is 11.3 Å². The summed E-state index contributed by atoms with van der Waals surface area (Å²) in [5, 5.41) is 12.1. The van der Waals surface area contributed by atoms with Crippen molar-refractivity contribution < 1.29 is 5.11 Å².